The average molecular weight is 377 g/mol. The van der Waals surface area contributed by atoms with Crippen LogP contribution in [0.5, 0.6) is 0 Å². The minimum absolute atomic E-state index is 0.400. The first-order chi connectivity index (χ1) is 12.2. The van der Waals surface area contributed by atoms with E-state index in [1.807, 2.05) is 12.1 Å². The minimum Gasteiger partial charge on any atom is -0.360 e. The molecule has 1 aliphatic heterocycles. The molecule has 25 heavy (non-hydrogen) atoms. The molecule has 3 heterocycles. The Hall–Kier alpha value is -1.44. The van der Waals surface area contributed by atoms with Crippen molar-refractivity contribution in [2.45, 2.75) is 19.6 Å². The molecule has 0 spiro atoms. The van der Waals surface area contributed by atoms with Crippen molar-refractivity contribution >= 4 is 33.0 Å². The zero-order valence-electron chi connectivity index (χ0n) is 13.9. The van der Waals surface area contributed by atoms with Gasteiger partial charge in [-0.05, 0) is 6.07 Å². The van der Waals surface area contributed by atoms with Crippen LogP contribution in [0.25, 0.3) is 10.1 Å². The quantitative estimate of drug-likeness (QED) is 0.740. The predicted octanol–water partition coefficient (Wildman–Crippen LogP) is 3.32. The Morgan fingerprint density at radius 1 is 1.12 bits per heavy atom. The Balaban J connectivity index is 1.34. The van der Waals surface area contributed by atoms with E-state index < -0.39 is 0 Å². The van der Waals surface area contributed by atoms with E-state index >= 15 is 0 Å². The number of aromatic nitrogens is 1. The second-order valence-electron chi connectivity index (χ2n) is 6.38. The maximum atomic E-state index is 6.57. The van der Waals surface area contributed by atoms with E-state index in [1.54, 1.807) is 11.3 Å². The summed E-state index contributed by atoms with van der Waals surface area (Å²) in [6, 6.07) is 10.3. The van der Waals surface area contributed by atoms with E-state index in [4.69, 9.17) is 21.9 Å². The molecule has 132 valence electrons. The summed E-state index contributed by atoms with van der Waals surface area (Å²) in [6.45, 7) is 6.25. The molecule has 1 saturated heterocycles. The van der Waals surface area contributed by atoms with Gasteiger partial charge in [0.1, 0.15) is 0 Å². The summed E-state index contributed by atoms with van der Waals surface area (Å²) >= 11 is 8.38. The van der Waals surface area contributed by atoms with Crippen LogP contribution in [0, 0.1) is 0 Å². The first kappa shape index (κ1) is 17.0. The van der Waals surface area contributed by atoms with Crippen LogP contribution < -0.4 is 5.73 Å². The molecule has 0 amide bonds. The van der Waals surface area contributed by atoms with Crippen molar-refractivity contribution in [3.8, 4) is 0 Å². The largest absolute Gasteiger partial charge is 0.360 e. The molecule has 1 fully saturated rings. The normalized spacial score (nSPS) is 16.7. The van der Waals surface area contributed by atoms with Crippen molar-refractivity contribution in [1.82, 2.24) is 15.0 Å². The molecular formula is C18H21ClN4OS. The van der Waals surface area contributed by atoms with Gasteiger partial charge in [-0.15, -0.1) is 11.3 Å². The van der Waals surface area contributed by atoms with Gasteiger partial charge in [0.25, 0.3) is 0 Å². The highest BCUT2D eigenvalue weighted by Gasteiger charge is 2.20. The van der Waals surface area contributed by atoms with Gasteiger partial charge in [-0.1, -0.05) is 35.0 Å². The zero-order valence-corrected chi connectivity index (χ0v) is 15.5. The van der Waals surface area contributed by atoms with Gasteiger partial charge >= 0.3 is 0 Å². The van der Waals surface area contributed by atoms with E-state index in [1.165, 1.54) is 15.0 Å². The van der Waals surface area contributed by atoms with Gasteiger partial charge in [0.2, 0.25) is 0 Å². The lowest BCUT2D eigenvalue weighted by Crippen LogP contribution is -2.45. The van der Waals surface area contributed by atoms with Gasteiger partial charge in [0.15, 0.2) is 5.76 Å². The smallest absolute Gasteiger partial charge is 0.150 e. The maximum Gasteiger partial charge on any atom is 0.150 e. The Bertz CT molecular complexity index is 854. The van der Waals surface area contributed by atoms with E-state index in [9.17, 15) is 0 Å². The Morgan fingerprint density at radius 2 is 1.84 bits per heavy atom. The Morgan fingerprint density at radius 3 is 2.52 bits per heavy atom. The van der Waals surface area contributed by atoms with Gasteiger partial charge in [0, 0.05) is 60.3 Å². The first-order valence-corrected chi connectivity index (χ1v) is 9.67. The minimum atomic E-state index is 0.400. The van der Waals surface area contributed by atoms with Gasteiger partial charge in [-0.2, -0.15) is 0 Å². The van der Waals surface area contributed by atoms with Crippen molar-refractivity contribution < 1.29 is 4.52 Å². The molecule has 5 nitrogen and oxygen atoms in total. The predicted molar refractivity (Wildman–Crippen MR) is 102 cm³/mol. The van der Waals surface area contributed by atoms with Crippen molar-refractivity contribution in [1.29, 1.82) is 0 Å². The number of benzene rings is 1. The van der Waals surface area contributed by atoms with Gasteiger partial charge < -0.3 is 10.3 Å². The van der Waals surface area contributed by atoms with E-state index in [0.717, 1.165) is 55.7 Å². The van der Waals surface area contributed by atoms with Crippen LogP contribution in [0.4, 0.5) is 0 Å². The van der Waals surface area contributed by atoms with Crippen molar-refractivity contribution in [3.63, 3.8) is 0 Å². The van der Waals surface area contributed by atoms with Gasteiger partial charge in [-0.25, -0.2) is 0 Å². The second kappa shape index (κ2) is 7.43. The number of hydrogen-bond donors (Lipinski definition) is 1. The highest BCUT2D eigenvalue weighted by Crippen LogP contribution is 2.36. The highest BCUT2D eigenvalue weighted by atomic mass is 35.5. The number of piperazine rings is 1. The molecule has 0 radical (unpaired) electrons. The molecular weight excluding hydrogens is 356 g/mol. The van der Waals surface area contributed by atoms with E-state index in [0.29, 0.717) is 6.54 Å². The van der Waals surface area contributed by atoms with Crippen LogP contribution in [0.2, 0.25) is 5.02 Å². The third-order valence-corrected chi connectivity index (χ3v) is 6.33. The standard InChI is InChI=1S/C18H21ClN4OS/c19-18-15-3-1-2-4-16(15)25-17(18)12-23-7-5-22(6-8-23)11-13-9-14(10-20)24-21-13/h1-4,9H,5-8,10-12,20H2. The van der Waals surface area contributed by atoms with Gasteiger partial charge in [0.05, 0.1) is 17.3 Å². The molecule has 1 aromatic carbocycles. The summed E-state index contributed by atoms with van der Waals surface area (Å²) in [4.78, 5) is 6.14. The topological polar surface area (TPSA) is 58.5 Å². The molecule has 0 unspecified atom stereocenters. The lowest BCUT2D eigenvalue weighted by Gasteiger charge is -2.34. The molecule has 0 bridgehead atoms. The van der Waals surface area contributed by atoms with E-state index in [-0.39, 0.29) is 0 Å². The number of hydrogen-bond acceptors (Lipinski definition) is 6. The zero-order chi connectivity index (χ0) is 17.2. The lowest BCUT2D eigenvalue weighted by atomic mass is 10.2. The van der Waals surface area contributed by atoms with Crippen molar-refractivity contribution in [2.75, 3.05) is 26.2 Å². The summed E-state index contributed by atoms with van der Waals surface area (Å²) in [5.41, 5.74) is 6.52. The number of nitrogens with zero attached hydrogens (tertiary/aromatic N) is 3. The number of rotatable bonds is 5. The molecule has 3 aromatic rings. The van der Waals surface area contributed by atoms with Crippen LogP contribution in [0.15, 0.2) is 34.9 Å². The first-order valence-electron chi connectivity index (χ1n) is 8.48. The Kier molecular flexibility index (Phi) is 5.05. The van der Waals surface area contributed by atoms with Crippen LogP contribution in [-0.4, -0.2) is 41.1 Å². The Labute approximate surface area is 155 Å². The summed E-state index contributed by atoms with van der Waals surface area (Å²) in [6.07, 6.45) is 0. The fourth-order valence-electron chi connectivity index (χ4n) is 3.23. The van der Waals surface area contributed by atoms with Crippen LogP contribution in [0.1, 0.15) is 16.3 Å². The highest BCUT2D eigenvalue weighted by molar-refractivity contribution is 7.19. The molecule has 2 N–H and O–H groups in total. The molecule has 0 atom stereocenters. The molecule has 0 aliphatic carbocycles. The third kappa shape index (κ3) is 3.73. The van der Waals surface area contributed by atoms with Crippen molar-refractivity contribution in [2.24, 2.45) is 5.73 Å². The monoisotopic (exact) mass is 376 g/mol. The summed E-state index contributed by atoms with van der Waals surface area (Å²) < 4.78 is 6.44. The van der Waals surface area contributed by atoms with Crippen molar-refractivity contribution in [3.05, 3.63) is 51.7 Å². The van der Waals surface area contributed by atoms with Gasteiger partial charge in [-0.3, -0.25) is 9.80 Å². The lowest BCUT2D eigenvalue weighted by molar-refractivity contribution is 0.121. The molecule has 4 rings (SSSR count). The second-order valence-corrected chi connectivity index (χ2v) is 7.89. The maximum absolute atomic E-state index is 6.57. The summed E-state index contributed by atoms with van der Waals surface area (Å²) in [5.74, 6) is 0.744. The molecule has 7 heteroatoms. The summed E-state index contributed by atoms with van der Waals surface area (Å²) in [5, 5.41) is 6.17. The fourth-order valence-corrected chi connectivity index (χ4v) is 4.77. The third-order valence-electron chi connectivity index (χ3n) is 4.63. The molecule has 0 saturated carbocycles. The molecule has 2 aromatic heterocycles. The van der Waals surface area contributed by atoms with E-state index in [2.05, 4.69) is 33.2 Å². The number of nitrogens with two attached hydrogens (primary N) is 1. The summed E-state index contributed by atoms with van der Waals surface area (Å²) in [7, 11) is 0. The number of halogens is 1. The molecule has 1 aliphatic rings. The van der Waals surface area contributed by atoms with Crippen LogP contribution >= 0.6 is 22.9 Å². The number of thiophene rings is 1. The van der Waals surface area contributed by atoms with Crippen LogP contribution in [0.3, 0.4) is 0 Å². The SMILES string of the molecule is NCc1cc(CN2CCN(Cc3sc4ccccc4c3Cl)CC2)no1. The fraction of sp³-hybridized carbons (Fsp3) is 0.389. The average Bonchev–Trinajstić information content (AvgIpc) is 3.22. The van der Waals surface area contributed by atoms with Crippen LogP contribution in [-0.2, 0) is 19.6 Å². The number of fused-ring (bicyclic) bond motifs is 1.